The number of fused-ring (bicyclic) bond motifs is 1. The summed E-state index contributed by atoms with van der Waals surface area (Å²) in [5.41, 5.74) is 2.68. The van der Waals surface area contributed by atoms with Crippen LogP contribution in [0.1, 0.15) is 29.7 Å². The van der Waals surface area contributed by atoms with Crippen molar-refractivity contribution in [3.63, 3.8) is 0 Å². The minimum atomic E-state index is -0.728. The van der Waals surface area contributed by atoms with Crippen LogP contribution in [0.25, 0.3) is 11.8 Å². The summed E-state index contributed by atoms with van der Waals surface area (Å²) in [6, 6.07) is 27.3. The van der Waals surface area contributed by atoms with Gasteiger partial charge in [-0.1, -0.05) is 90.2 Å². The monoisotopic (exact) mass is 521 g/mol. The van der Waals surface area contributed by atoms with Crippen molar-refractivity contribution in [2.24, 2.45) is 4.99 Å². The Morgan fingerprint density at radius 1 is 1.05 bits per heavy atom. The molecule has 1 atom stereocenters. The fourth-order valence-corrected chi connectivity index (χ4v) is 5.37. The second kappa shape index (κ2) is 11.1. The fraction of sp³-hybridized carbons (Fsp3) is 0.133. The number of hydrogen-bond donors (Lipinski definition) is 0. The summed E-state index contributed by atoms with van der Waals surface area (Å²) in [5.74, 6) is -0.0230. The third-order valence-corrected chi connectivity index (χ3v) is 6.97. The lowest BCUT2D eigenvalue weighted by molar-refractivity contribution is -0.138. The molecule has 5 rings (SSSR count). The van der Waals surface area contributed by atoms with E-state index in [1.165, 1.54) is 11.3 Å². The van der Waals surface area contributed by atoms with Crippen molar-refractivity contribution in [1.29, 1.82) is 5.26 Å². The molecule has 0 unspecified atom stereocenters. The largest absolute Gasteiger partial charge is 0.478 e. The van der Waals surface area contributed by atoms with Gasteiger partial charge in [-0.25, -0.2) is 9.79 Å². The molecule has 0 N–H and O–H groups in total. The lowest BCUT2D eigenvalue weighted by Crippen LogP contribution is -2.40. The molecule has 1 aromatic heterocycles. The number of thiazole rings is 1. The number of carbonyl (C=O) groups excluding carboxylic acids is 1. The Balaban J connectivity index is 1.79. The van der Waals surface area contributed by atoms with Gasteiger partial charge in [-0.15, -0.1) is 0 Å². The van der Waals surface area contributed by atoms with Crippen LogP contribution in [0, 0.1) is 11.3 Å². The van der Waals surface area contributed by atoms with E-state index in [0.717, 1.165) is 11.1 Å². The summed E-state index contributed by atoms with van der Waals surface area (Å²) in [6.07, 6.45) is 1.73. The van der Waals surface area contributed by atoms with E-state index in [2.05, 4.69) is 0 Å². The average molecular weight is 522 g/mol. The highest BCUT2D eigenvalue weighted by atomic mass is 32.1. The predicted octanol–water partition coefficient (Wildman–Crippen LogP) is 3.84. The van der Waals surface area contributed by atoms with Gasteiger partial charge < -0.3 is 9.47 Å². The van der Waals surface area contributed by atoms with E-state index < -0.39 is 12.0 Å². The standard InChI is InChI=1S/C30H23N3O4S/c1-2-36-29(35)25-26(20-11-5-3-6-12-20)32-30-33(27(25)21-13-7-4-8-14-21)28(34)24(38-30)19-22-15-9-10-16-23(22)37-18-17-31/h3-16,19,27H,2,18H2,1H3/b24-19-/t27-/m0/s1. The van der Waals surface area contributed by atoms with E-state index in [-0.39, 0.29) is 18.8 Å². The molecule has 7 nitrogen and oxygen atoms in total. The van der Waals surface area contributed by atoms with Gasteiger partial charge in [0.25, 0.3) is 5.56 Å². The molecular formula is C30H23N3O4S. The summed E-state index contributed by atoms with van der Waals surface area (Å²) < 4.78 is 13.0. The predicted molar refractivity (Wildman–Crippen MR) is 145 cm³/mol. The Morgan fingerprint density at radius 2 is 1.74 bits per heavy atom. The quantitative estimate of drug-likeness (QED) is 0.345. The van der Waals surface area contributed by atoms with E-state index >= 15 is 0 Å². The Hall–Kier alpha value is -4.74. The zero-order valence-corrected chi connectivity index (χ0v) is 21.4. The van der Waals surface area contributed by atoms with Crippen molar-refractivity contribution in [2.75, 3.05) is 13.2 Å². The maximum absolute atomic E-state index is 13.9. The summed E-state index contributed by atoms with van der Waals surface area (Å²) in [7, 11) is 0. The number of rotatable bonds is 7. The molecule has 4 aromatic rings. The Labute approximate surface area is 222 Å². The lowest BCUT2D eigenvalue weighted by atomic mass is 9.93. The second-order valence-corrected chi connectivity index (χ2v) is 9.34. The molecule has 0 amide bonds. The molecule has 0 aliphatic carbocycles. The molecule has 2 heterocycles. The van der Waals surface area contributed by atoms with Crippen molar-refractivity contribution in [1.82, 2.24) is 4.57 Å². The fourth-order valence-electron chi connectivity index (χ4n) is 4.37. The van der Waals surface area contributed by atoms with Gasteiger partial charge in [0.1, 0.15) is 11.8 Å². The number of esters is 1. The minimum absolute atomic E-state index is 0.108. The van der Waals surface area contributed by atoms with Gasteiger partial charge in [0.05, 0.1) is 28.5 Å². The molecule has 0 radical (unpaired) electrons. The average Bonchev–Trinajstić information content (AvgIpc) is 3.27. The van der Waals surface area contributed by atoms with Gasteiger partial charge in [-0.3, -0.25) is 9.36 Å². The minimum Gasteiger partial charge on any atom is -0.478 e. The number of ether oxygens (including phenoxy) is 2. The van der Waals surface area contributed by atoms with E-state index in [4.69, 9.17) is 19.7 Å². The van der Waals surface area contributed by atoms with Crippen LogP contribution in [-0.4, -0.2) is 23.8 Å². The number of hydrogen-bond acceptors (Lipinski definition) is 7. The maximum Gasteiger partial charge on any atom is 0.338 e. The first kappa shape index (κ1) is 24.9. The zero-order chi connectivity index (χ0) is 26.5. The zero-order valence-electron chi connectivity index (χ0n) is 20.5. The van der Waals surface area contributed by atoms with Crippen LogP contribution in [0.2, 0.25) is 0 Å². The first-order valence-corrected chi connectivity index (χ1v) is 12.9. The van der Waals surface area contributed by atoms with Crippen molar-refractivity contribution in [3.05, 3.63) is 127 Å². The molecule has 38 heavy (non-hydrogen) atoms. The van der Waals surface area contributed by atoms with Gasteiger partial charge in [-0.05, 0) is 24.6 Å². The molecule has 3 aromatic carbocycles. The summed E-state index contributed by atoms with van der Waals surface area (Å²) in [4.78, 5) is 32.6. The summed E-state index contributed by atoms with van der Waals surface area (Å²) in [6.45, 7) is 1.83. The van der Waals surface area contributed by atoms with E-state index in [9.17, 15) is 9.59 Å². The highest BCUT2D eigenvalue weighted by Gasteiger charge is 2.35. The first-order chi connectivity index (χ1) is 18.6. The first-order valence-electron chi connectivity index (χ1n) is 12.0. The van der Waals surface area contributed by atoms with Gasteiger partial charge >= 0.3 is 5.97 Å². The second-order valence-electron chi connectivity index (χ2n) is 8.33. The number of aromatic nitrogens is 1. The van der Waals surface area contributed by atoms with Crippen LogP contribution in [0.4, 0.5) is 0 Å². The highest BCUT2D eigenvalue weighted by molar-refractivity contribution is 7.07. The summed E-state index contributed by atoms with van der Waals surface area (Å²) >= 11 is 1.23. The molecular weight excluding hydrogens is 498 g/mol. The SMILES string of the molecule is CCOC(=O)C1=C(c2ccccc2)N=c2s/c(=C\c3ccccc3OCC#N)c(=O)n2[C@H]1c1ccccc1. The van der Waals surface area contributed by atoms with Crippen molar-refractivity contribution in [2.45, 2.75) is 13.0 Å². The van der Waals surface area contributed by atoms with Crippen LogP contribution >= 0.6 is 11.3 Å². The number of nitrogens with zero attached hydrogens (tertiary/aromatic N) is 3. The maximum atomic E-state index is 13.9. The van der Waals surface area contributed by atoms with Crippen LogP contribution in [-0.2, 0) is 9.53 Å². The third-order valence-electron chi connectivity index (χ3n) is 5.99. The van der Waals surface area contributed by atoms with E-state index in [1.807, 2.05) is 78.9 Å². The molecule has 0 bridgehead atoms. The molecule has 1 aliphatic rings. The van der Waals surface area contributed by atoms with Crippen molar-refractivity contribution >= 4 is 29.1 Å². The molecule has 0 spiro atoms. The molecule has 188 valence electrons. The van der Waals surface area contributed by atoms with E-state index in [1.54, 1.807) is 29.7 Å². The number of carbonyl (C=O) groups is 1. The number of benzene rings is 3. The van der Waals surface area contributed by atoms with Crippen LogP contribution in [0.3, 0.4) is 0 Å². The normalized spacial score (nSPS) is 14.8. The Morgan fingerprint density at radius 3 is 2.45 bits per heavy atom. The number of para-hydroxylation sites is 1. The van der Waals surface area contributed by atoms with Crippen molar-refractivity contribution < 1.29 is 14.3 Å². The van der Waals surface area contributed by atoms with Crippen molar-refractivity contribution in [3.8, 4) is 11.8 Å². The smallest absolute Gasteiger partial charge is 0.338 e. The van der Waals surface area contributed by atoms with Gasteiger partial charge in [-0.2, -0.15) is 5.26 Å². The number of nitriles is 1. The molecule has 0 fully saturated rings. The Bertz CT molecular complexity index is 1730. The summed E-state index contributed by atoms with van der Waals surface area (Å²) in [5, 5.41) is 8.94. The molecule has 1 aliphatic heterocycles. The molecule has 8 heteroatoms. The van der Waals surface area contributed by atoms with Gasteiger partial charge in [0, 0.05) is 11.1 Å². The van der Waals surface area contributed by atoms with Crippen LogP contribution < -0.4 is 19.6 Å². The molecule has 0 saturated heterocycles. The van der Waals surface area contributed by atoms with Crippen LogP contribution in [0.5, 0.6) is 5.75 Å². The highest BCUT2D eigenvalue weighted by Crippen LogP contribution is 2.35. The van der Waals surface area contributed by atoms with Gasteiger partial charge in [0.2, 0.25) is 0 Å². The van der Waals surface area contributed by atoms with E-state index in [0.29, 0.717) is 31.9 Å². The lowest BCUT2D eigenvalue weighted by Gasteiger charge is -2.25. The van der Waals surface area contributed by atoms with Gasteiger partial charge in [0.15, 0.2) is 11.4 Å². The third kappa shape index (κ3) is 4.80. The molecule has 0 saturated carbocycles. The topological polar surface area (TPSA) is 93.7 Å². The van der Waals surface area contributed by atoms with Crippen LogP contribution in [0.15, 0.2) is 100 Å². The Kier molecular flexibility index (Phi) is 7.29.